The molecule has 1 heterocycles. The number of ether oxygens (including phenoxy) is 1. The Hall–Kier alpha value is -2.81. The average Bonchev–Trinajstić information content (AvgIpc) is 2.61. The molecule has 1 aliphatic rings. The van der Waals surface area contributed by atoms with Gasteiger partial charge in [0.25, 0.3) is 11.8 Å². The van der Waals surface area contributed by atoms with Crippen LogP contribution >= 0.6 is 11.8 Å². The fourth-order valence-electron chi connectivity index (χ4n) is 2.56. The molecule has 9 heteroatoms. The van der Waals surface area contributed by atoms with Gasteiger partial charge in [-0.15, -0.1) is 0 Å². The maximum absolute atomic E-state index is 12.5. The third-order valence-electron chi connectivity index (χ3n) is 3.68. The predicted octanol–water partition coefficient (Wildman–Crippen LogP) is 1.38. The molecule has 2 amide bonds. The zero-order valence-electron chi connectivity index (χ0n) is 15.1. The smallest absolute Gasteiger partial charge is 0.352 e. The molecule has 0 aromatic heterocycles. The first kappa shape index (κ1) is 20.5. The van der Waals surface area contributed by atoms with Gasteiger partial charge in [0, 0.05) is 6.92 Å². The second-order valence-corrected chi connectivity index (χ2v) is 7.30. The van der Waals surface area contributed by atoms with E-state index in [9.17, 15) is 24.3 Å². The van der Waals surface area contributed by atoms with Crippen LogP contribution in [0.15, 0.2) is 41.6 Å². The minimum Gasteiger partial charge on any atom is -0.484 e. The summed E-state index contributed by atoms with van der Waals surface area (Å²) in [6.45, 7) is 4.13. The normalized spacial score (nSPS) is 18.3. The van der Waals surface area contributed by atoms with Crippen molar-refractivity contribution in [1.82, 2.24) is 10.2 Å². The number of allylic oxidation sites excluding steroid dienone is 1. The summed E-state index contributed by atoms with van der Waals surface area (Å²) < 4.78 is 5.33. The van der Waals surface area contributed by atoms with E-state index in [-0.39, 0.29) is 17.4 Å². The van der Waals surface area contributed by atoms with Crippen LogP contribution in [0.3, 0.4) is 0 Å². The number of carbonyl (C=O) groups is 4. The first-order valence-corrected chi connectivity index (χ1v) is 8.98. The number of aliphatic carboxylic acids is 1. The summed E-state index contributed by atoms with van der Waals surface area (Å²) in [6, 6.07) is 7.69. The molecule has 27 heavy (non-hydrogen) atoms. The number of likely N-dealkylation sites (tertiary alicyclic amines) is 1. The van der Waals surface area contributed by atoms with Crippen LogP contribution < -0.4 is 10.1 Å². The molecular weight excluding hydrogens is 372 g/mol. The van der Waals surface area contributed by atoms with Crippen LogP contribution in [-0.4, -0.2) is 50.9 Å². The first-order valence-electron chi connectivity index (χ1n) is 8.10. The van der Waals surface area contributed by atoms with Crippen molar-refractivity contribution in [3.63, 3.8) is 0 Å². The van der Waals surface area contributed by atoms with Crippen molar-refractivity contribution < 1.29 is 29.0 Å². The van der Waals surface area contributed by atoms with Gasteiger partial charge in [-0.25, -0.2) is 4.79 Å². The highest BCUT2D eigenvalue weighted by atomic mass is 32.2. The Kier molecular flexibility index (Phi) is 6.62. The molecule has 1 aromatic rings. The SMILES string of the molecule is CC(=O)S[C@H]1[C@@H](NC(=O)COc2ccccc2)C(=O)N1C(C(=O)O)=C(C)C. The molecule has 0 bridgehead atoms. The molecule has 0 spiro atoms. The number of nitrogens with one attached hydrogen (secondary N) is 1. The number of carboxylic acids is 1. The zero-order chi connectivity index (χ0) is 20.1. The van der Waals surface area contributed by atoms with Gasteiger partial charge in [-0.1, -0.05) is 30.0 Å². The van der Waals surface area contributed by atoms with Gasteiger partial charge < -0.3 is 15.2 Å². The summed E-state index contributed by atoms with van der Waals surface area (Å²) in [5.41, 5.74) is 0.229. The second kappa shape index (κ2) is 8.72. The first-order chi connectivity index (χ1) is 12.7. The standard InChI is InChI=1S/C18H20N2O6S/c1-10(2)15(18(24)25)20-16(23)14(17(20)27-11(3)21)19-13(22)9-26-12-7-5-4-6-8-12/h4-8,14,17H,9H2,1-3H3,(H,19,22)(H,24,25)/t14-,17-/m0/s1. The van der Waals surface area contributed by atoms with Crippen molar-refractivity contribution in [3.05, 3.63) is 41.6 Å². The van der Waals surface area contributed by atoms with Gasteiger partial charge in [-0.2, -0.15) is 0 Å². The number of benzene rings is 1. The van der Waals surface area contributed by atoms with E-state index < -0.39 is 29.2 Å². The Morgan fingerprint density at radius 3 is 2.33 bits per heavy atom. The number of hydrogen-bond donors (Lipinski definition) is 2. The van der Waals surface area contributed by atoms with Gasteiger partial charge in [0.1, 0.15) is 22.9 Å². The van der Waals surface area contributed by atoms with E-state index >= 15 is 0 Å². The summed E-state index contributed by atoms with van der Waals surface area (Å²) in [7, 11) is 0. The van der Waals surface area contributed by atoms with Gasteiger partial charge >= 0.3 is 5.97 Å². The van der Waals surface area contributed by atoms with Crippen molar-refractivity contribution in [1.29, 1.82) is 0 Å². The third-order valence-corrected chi connectivity index (χ3v) is 4.73. The molecule has 0 unspecified atom stereocenters. The molecule has 144 valence electrons. The molecule has 2 N–H and O–H groups in total. The van der Waals surface area contributed by atoms with E-state index in [1.807, 2.05) is 0 Å². The molecule has 1 fully saturated rings. The van der Waals surface area contributed by atoms with E-state index in [2.05, 4.69) is 5.32 Å². The van der Waals surface area contributed by atoms with E-state index in [1.165, 1.54) is 6.92 Å². The van der Waals surface area contributed by atoms with Gasteiger partial charge in [0.2, 0.25) is 0 Å². The summed E-state index contributed by atoms with van der Waals surface area (Å²) >= 11 is 0.794. The zero-order valence-corrected chi connectivity index (χ0v) is 15.9. The number of rotatable bonds is 7. The van der Waals surface area contributed by atoms with E-state index in [1.54, 1.807) is 44.2 Å². The number of carbonyl (C=O) groups excluding carboxylic acids is 3. The second-order valence-electron chi connectivity index (χ2n) is 6.01. The average molecular weight is 392 g/mol. The number of thioether (sulfide) groups is 1. The molecule has 1 saturated heterocycles. The van der Waals surface area contributed by atoms with Gasteiger partial charge in [0.15, 0.2) is 11.7 Å². The molecule has 0 aliphatic carbocycles. The molecule has 0 saturated carbocycles. The summed E-state index contributed by atoms with van der Waals surface area (Å²) in [6.07, 6.45) is 0. The number of amides is 2. The number of β-lactam (4-membered cyclic amide) rings is 1. The minimum atomic E-state index is -1.27. The molecule has 1 aliphatic heterocycles. The Morgan fingerprint density at radius 2 is 1.81 bits per heavy atom. The van der Waals surface area contributed by atoms with Crippen molar-refractivity contribution in [2.45, 2.75) is 32.2 Å². The number of carboxylic acid groups (broad SMARTS) is 1. The van der Waals surface area contributed by atoms with Crippen LogP contribution in [-0.2, 0) is 19.2 Å². The molecule has 2 atom stereocenters. The molecular formula is C18H20N2O6S. The van der Waals surface area contributed by atoms with E-state index in [4.69, 9.17) is 4.74 Å². The quantitative estimate of drug-likeness (QED) is 0.532. The van der Waals surface area contributed by atoms with Crippen LogP contribution in [0.1, 0.15) is 20.8 Å². The molecule has 8 nitrogen and oxygen atoms in total. The van der Waals surface area contributed by atoms with Crippen LogP contribution in [0.2, 0.25) is 0 Å². The summed E-state index contributed by atoms with van der Waals surface area (Å²) in [5.74, 6) is -1.89. The summed E-state index contributed by atoms with van der Waals surface area (Å²) in [5, 5.41) is 10.8. The largest absolute Gasteiger partial charge is 0.484 e. The highest BCUT2D eigenvalue weighted by molar-refractivity contribution is 8.14. The number of hydrogen-bond acceptors (Lipinski definition) is 6. The fraction of sp³-hybridized carbons (Fsp3) is 0.333. The highest BCUT2D eigenvalue weighted by Crippen LogP contribution is 2.35. The molecule has 0 radical (unpaired) electrons. The lowest BCUT2D eigenvalue weighted by molar-refractivity contribution is -0.150. The van der Waals surface area contributed by atoms with E-state index in [0.717, 1.165) is 16.7 Å². The third kappa shape index (κ3) is 4.88. The Morgan fingerprint density at radius 1 is 1.19 bits per heavy atom. The highest BCUT2D eigenvalue weighted by Gasteiger charge is 2.52. The molecule has 2 rings (SSSR count). The maximum Gasteiger partial charge on any atom is 0.352 e. The lowest BCUT2D eigenvalue weighted by Gasteiger charge is -2.46. The summed E-state index contributed by atoms with van der Waals surface area (Å²) in [4.78, 5) is 48.6. The van der Waals surface area contributed by atoms with Gasteiger partial charge in [-0.05, 0) is 31.6 Å². The number of nitrogens with zero attached hydrogens (tertiary/aromatic N) is 1. The Balaban J connectivity index is 2.08. The molecule has 1 aromatic carbocycles. The van der Waals surface area contributed by atoms with Crippen LogP contribution in [0, 0.1) is 0 Å². The van der Waals surface area contributed by atoms with E-state index in [0.29, 0.717) is 11.3 Å². The number of para-hydroxylation sites is 1. The van der Waals surface area contributed by atoms with Crippen LogP contribution in [0.4, 0.5) is 0 Å². The van der Waals surface area contributed by atoms with Gasteiger partial charge in [-0.3, -0.25) is 19.3 Å². The van der Waals surface area contributed by atoms with Crippen molar-refractivity contribution in [3.8, 4) is 5.75 Å². The minimum absolute atomic E-state index is 0.190. The van der Waals surface area contributed by atoms with Crippen LogP contribution in [0.5, 0.6) is 5.75 Å². The van der Waals surface area contributed by atoms with Gasteiger partial charge in [0.05, 0.1) is 0 Å². The van der Waals surface area contributed by atoms with Crippen molar-refractivity contribution in [2.75, 3.05) is 6.61 Å². The maximum atomic E-state index is 12.5. The lowest BCUT2D eigenvalue weighted by atomic mass is 10.0. The Labute approximate surface area is 160 Å². The van der Waals surface area contributed by atoms with Crippen molar-refractivity contribution in [2.24, 2.45) is 0 Å². The Bertz CT molecular complexity index is 788. The van der Waals surface area contributed by atoms with Crippen molar-refractivity contribution >= 4 is 34.7 Å². The fourth-order valence-corrected chi connectivity index (χ4v) is 3.54. The topological polar surface area (TPSA) is 113 Å². The lowest BCUT2D eigenvalue weighted by Crippen LogP contribution is -2.70. The predicted molar refractivity (Wildman–Crippen MR) is 98.8 cm³/mol. The monoisotopic (exact) mass is 392 g/mol. The van der Waals surface area contributed by atoms with Crippen LogP contribution in [0.25, 0.3) is 0 Å².